The second-order valence-electron chi connectivity index (χ2n) is 7.84. The first-order valence-corrected chi connectivity index (χ1v) is 11.9. The first-order chi connectivity index (χ1) is 16.0. The lowest BCUT2D eigenvalue weighted by atomic mass is 10.0. The first kappa shape index (κ1) is 24.9. The zero-order chi connectivity index (χ0) is 23.8. The Bertz CT molecular complexity index is 1160. The second kappa shape index (κ2) is 12.0. The highest BCUT2D eigenvalue weighted by Gasteiger charge is 2.17. The average molecular weight is 475 g/mol. The molecule has 176 valence electrons. The van der Waals surface area contributed by atoms with Crippen LogP contribution in [0.2, 0.25) is 0 Å². The van der Waals surface area contributed by atoms with Crippen molar-refractivity contribution in [3.05, 3.63) is 64.2 Å². The Hall–Kier alpha value is -2.71. The number of benzene rings is 2. The number of carbonyl (C=O) groups is 1. The van der Waals surface area contributed by atoms with Crippen LogP contribution in [0.25, 0.3) is 22.0 Å². The maximum absolute atomic E-state index is 14.9. The Morgan fingerprint density at radius 2 is 1.85 bits per heavy atom. The number of halogens is 2. The fourth-order valence-corrected chi connectivity index (χ4v) is 4.38. The van der Waals surface area contributed by atoms with E-state index in [0.29, 0.717) is 11.1 Å². The zero-order valence-electron chi connectivity index (χ0n) is 18.6. The lowest BCUT2D eigenvalue weighted by molar-refractivity contribution is 0.0694. The highest BCUT2D eigenvalue weighted by molar-refractivity contribution is 7.97. The van der Waals surface area contributed by atoms with Gasteiger partial charge in [-0.3, -0.25) is 9.52 Å². The van der Waals surface area contributed by atoms with E-state index >= 15 is 0 Å². The summed E-state index contributed by atoms with van der Waals surface area (Å²) in [4.78, 5) is 24.9. The van der Waals surface area contributed by atoms with Gasteiger partial charge in [-0.05, 0) is 48.2 Å². The largest absolute Gasteiger partial charge is 0.477 e. The summed E-state index contributed by atoms with van der Waals surface area (Å²) in [6.45, 7) is 2.22. The molecule has 0 spiro atoms. The van der Waals surface area contributed by atoms with E-state index in [2.05, 4.69) is 11.6 Å². The number of hydrogen-bond donors (Lipinski definition) is 2. The van der Waals surface area contributed by atoms with Gasteiger partial charge >= 0.3 is 5.97 Å². The number of pyridine rings is 1. The van der Waals surface area contributed by atoms with Crippen LogP contribution in [0.15, 0.2) is 52.3 Å². The van der Waals surface area contributed by atoms with Crippen molar-refractivity contribution in [3.63, 3.8) is 0 Å². The van der Waals surface area contributed by atoms with E-state index < -0.39 is 29.5 Å². The van der Waals surface area contributed by atoms with Gasteiger partial charge in [0, 0.05) is 28.6 Å². The second-order valence-corrected chi connectivity index (χ2v) is 8.81. The summed E-state index contributed by atoms with van der Waals surface area (Å²) in [5, 5.41) is 9.18. The molecular weight excluding hydrogens is 446 g/mol. The first-order valence-electron chi connectivity index (χ1n) is 11.1. The lowest BCUT2D eigenvalue weighted by Gasteiger charge is -2.13. The maximum Gasteiger partial charge on any atom is 0.341 e. The van der Waals surface area contributed by atoms with Crippen molar-refractivity contribution >= 4 is 28.8 Å². The molecule has 2 N–H and O–H groups in total. The van der Waals surface area contributed by atoms with Crippen LogP contribution in [-0.2, 0) is 6.54 Å². The van der Waals surface area contributed by atoms with Gasteiger partial charge in [0.1, 0.15) is 18.1 Å². The summed E-state index contributed by atoms with van der Waals surface area (Å²) in [5.74, 6) is -2.07. The van der Waals surface area contributed by atoms with Gasteiger partial charge in [-0.1, -0.05) is 44.7 Å². The molecule has 0 unspecified atom stereocenters. The van der Waals surface area contributed by atoms with E-state index in [1.165, 1.54) is 48.3 Å². The number of nitrogens with zero attached hydrogens (tertiary/aromatic N) is 1. The Balaban J connectivity index is 1.81. The van der Waals surface area contributed by atoms with Crippen molar-refractivity contribution in [1.29, 1.82) is 0 Å². The minimum Gasteiger partial charge on any atom is -0.477 e. The average Bonchev–Trinajstić information content (AvgIpc) is 2.80. The van der Waals surface area contributed by atoms with Crippen LogP contribution < -0.4 is 10.2 Å². The number of fused-ring (bicyclic) bond motifs is 1. The SMILES string of the molecule is CCCCCCCNSc1ccc(-c2cc3c(cc2F)c(=O)c(C(=O)O)cn3CCF)cc1. The number of alkyl halides is 1. The molecule has 0 aliphatic rings. The molecule has 0 radical (unpaired) electrons. The molecule has 33 heavy (non-hydrogen) atoms. The number of carboxylic acids is 1. The Kier molecular flexibility index (Phi) is 9.03. The van der Waals surface area contributed by atoms with Crippen molar-refractivity contribution in [2.24, 2.45) is 0 Å². The number of nitrogens with one attached hydrogen (secondary N) is 1. The van der Waals surface area contributed by atoms with Crippen LogP contribution >= 0.6 is 11.9 Å². The smallest absolute Gasteiger partial charge is 0.341 e. The van der Waals surface area contributed by atoms with Crippen LogP contribution in [0.3, 0.4) is 0 Å². The molecule has 3 rings (SSSR count). The van der Waals surface area contributed by atoms with Gasteiger partial charge in [-0.25, -0.2) is 13.6 Å². The third-order valence-electron chi connectivity index (χ3n) is 5.46. The topological polar surface area (TPSA) is 71.3 Å². The third-order valence-corrected chi connectivity index (χ3v) is 6.32. The van der Waals surface area contributed by atoms with E-state index in [4.69, 9.17) is 0 Å². The Labute approximate surface area is 196 Å². The maximum atomic E-state index is 14.9. The van der Waals surface area contributed by atoms with Gasteiger partial charge in [0.2, 0.25) is 5.43 Å². The van der Waals surface area contributed by atoms with Crippen molar-refractivity contribution in [2.45, 2.75) is 50.5 Å². The number of aromatic carboxylic acids is 1. The fraction of sp³-hybridized carbons (Fsp3) is 0.360. The number of aromatic nitrogens is 1. The molecular formula is C25H28F2N2O3S. The molecule has 0 saturated carbocycles. The quantitative estimate of drug-likeness (QED) is 0.247. The highest BCUT2D eigenvalue weighted by atomic mass is 32.2. The molecule has 0 amide bonds. The molecule has 1 heterocycles. The number of hydrogen-bond acceptors (Lipinski definition) is 4. The van der Waals surface area contributed by atoms with E-state index in [1.54, 1.807) is 12.1 Å². The van der Waals surface area contributed by atoms with Crippen molar-refractivity contribution < 1.29 is 18.7 Å². The number of unbranched alkanes of at least 4 members (excludes halogenated alkanes) is 4. The minimum absolute atomic E-state index is 0.0834. The molecule has 0 aliphatic carbocycles. The molecule has 1 aromatic heterocycles. The molecule has 0 saturated heterocycles. The van der Waals surface area contributed by atoms with Gasteiger partial charge in [-0.2, -0.15) is 0 Å². The van der Waals surface area contributed by atoms with Gasteiger partial charge in [0.05, 0.1) is 12.1 Å². The zero-order valence-corrected chi connectivity index (χ0v) is 19.4. The third kappa shape index (κ3) is 6.21. The highest BCUT2D eigenvalue weighted by Crippen LogP contribution is 2.29. The minimum atomic E-state index is -1.43. The van der Waals surface area contributed by atoms with Crippen molar-refractivity contribution in [1.82, 2.24) is 9.29 Å². The van der Waals surface area contributed by atoms with Crippen molar-refractivity contribution in [3.8, 4) is 11.1 Å². The van der Waals surface area contributed by atoms with Crippen LogP contribution in [0.5, 0.6) is 0 Å². The Morgan fingerprint density at radius 1 is 1.12 bits per heavy atom. The summed E-state index contributed by atoms with van der Waals surface area (Å²) in [6, 6.07) is 9.87. The van der Waals surface area contributed by atoms with Gasteiger partial charge < -0.3 is 9.67 Å². The number of carboxylic acid groups (broad SMARTS) is 1. The summed E-state index contributed by atoms with van der Waals surface area (Å²) in [6.07, 6.45) is 7.20. The normalized spacial score (nSPS) is 11.2. The predicted molar refractivity (Wildman–Crippen MR) is 129 cm³/mol. The molecule has 5 nitrogen and oxygen atoms in total. The van der Waals surface area contributed by atoms with E-state index in [9.17, 15) is 23.5 Å². The van der Waals surface area contributed by atoms with Gasteiger partial charge in [0.25, 0.3) is 0 Å². The molecule has 0 atom stereocenters. The molecule has 0 aliphatic heterocycles. The van der Waals surface area contributed by atoms with E-state index in [0.717, 1.165) is 30.1 Å². The number of aryl methyl sites for hydroxylation is 1. The molecule has 2 aromatic carbocycles. The van der Waals surface area contributed by atoms with Gasteiger partial charge in [-0.15, -0.1) is 0 Å². The van der Waals surface area contributed by atoms with E-state index in [-0.39, 0.29) is 17.5 Å². The molecule has 3 aromatic rings. The molecule has 8 heteroatoms. The fourth-order valence-electron chi connectivity index (χ4n) is 3.70. The monoisotopic (exact) mass is 474 g/mol. The predicted octanol–water partition coefficient (Wildman–Crippen LogP) is 6.04. The van der Waals surface area contributed by atoms with Crippen LogP contribution in [-0.4, -0.2) is 28.9 Å². The van der Waals surface area contributed by atoms with E-state index in [1.807, 2.05) is 12.1 Å². The van der Waals surface area contributed by atoms with Gasteiger partial charge in [0.15, 0.2) is 0 Å². The molecule has 0 fully saturated rings. The summed E-state index contributed by atoms with van der Waals surface area (Å²) in [7, 11) is 0. The van der Waals surface area contributed by atoms with Crippen LogP contribution in [0.4, 0.5) is 8.78 Å². The summed E-state index contributed by atoms with van der Waals surface area (Å²) >= 11 is 1.52. The van der Waals surface area contributed by atoms with Crippen LogP contribution in [0, 0.1) is 5.82 Å². The molecule has 0 bridgehead atoms. The lowest BCUT2D eigenvalue weighted by Crippen LogP contribution is -2.19. The van der Waals surface area contributed by atoms with Crippen LogP contribution in [0.1, 0.15) is 49.4 Å². The summed E-state index contributed by atoms with van der Waals surface area (Å²) in [5.41, 5.74) is -0.131. The number of rotatable bonds is 12. The Morgan fingerprint density at radius 3 is 2.52 bits per heavy atom. The van der Waals surface area contributed by atoms with Crippen molar-refractivity contribution in [2.75, 3.05) is 13.2 Å². The standard InChI is InChI=1S/C25H28F2N2O3S/c1-2-3-4-5-6-12-28-33-18-9-7-17(8-10-18)19-15-23-20(14-22(19)27)24(30)21(25(31)32)16-29(23)13-11-26/h7-10,14-16,28H,2-6,11-13H2,1H3,(H,31,32). The summed E-state index contributed by atoms with van der Waals surface area (Å²) < 4.78 is 32.7.